The maximum atomic E-state index is 12.4. The predicted octanol–water partition coefficient (Wildman–Crippen LogP) is 3.83. The average molecular weight is 423 g/mol. The van der Waals surface area contributed by atoms with Crippen molar-refractivity contribution in [3.05, 3.63) is 71.8 Å². The lowest BCUT2D eigenvalue weighted by molar-refractivity contribution is -0.144. The molecule has 5 heteroatoms. The zero-order valence-electron chi connectivity index (χ0n) is 18.1. The summed E-state index contributed by atoms with van der Waals surface area (Å²) in [5, 5.41) is 15.7. The summed E-state index contributed by atoms with van der Waals surface area (Å²) in [4.78, 5) is 23.9. The first kappa shape index (κ1) is 23.0. The van der Waals surface area contributed by atoms with E-state index in [0.29, 0.717) is 12.3 Å². The Labute approximate surface area is 185 Å². The molecule has 1 aliphatic rings. The van der Waals surface area contributed by atoms with E-state index in [4.69, 9.17) is 0 Å². The number of aliphatic carboxylic acids is 1. The zero-order valence-corrected chi connectivity index (χ0v) is 18.1. The Morgan fingerprint density at radius 2 is 1.58 bits per heavy atom. The van der Waals surface area contributed by atoms with Crippen molar-refractivity contribution in [3.63, 3.8) is 0 Å². The van der Waals surface area contributed by atoms with Gasteiger partial charge in [0, 0.05) is 6.04 Å². The van der Waals surface area contributed by atoms with Crippen molar-refractivity contribution < 1.29 is 14.7 Å². The van der Waals surface area contributed by atoms with Crippen LogP contribution in [-0.4, -0.2) is 36.1 Å². The Bertz CT molecular complexity index is 810. The van der Waals surface area contributed by atoms with Gasteiger partial charge in [0.15, 0.2) is 0 Å². The Morgan fingerprint density at radius 1 is 0.935 bits per heavy atom. The maximum absolute atomic E-state index is 12.4. The fourth-order valence-electron chi connectivity index (χ4n) is 4.49. The summed E-state index contributed by atoms with van der Waals surface area (Å²) in [6.07, 6.45) is 6.30. The lowest BCUT2D eigenvalue weighted by atomic mass is 9.84. The molecule has 3 N–H and O–H groups in total. The normalized spacial score (nSPS) is 19.5. The first-order chi connectivity index (χ1) is 15.1. The van der Waals surface area contributed by atoms with Crippen molar-refractivity contribution in [1.82, 2.24) is 10.6 Å². The summed E-state index contributed by atoms with van der Waals surface area (Å²) in [5.41, 5.74) is 2.63. The molecule has 1 amide bonds. The SMILES string of the molecule is O=C(CNCC(CCc1ccccc1)Cc1ccccc1)N[C@H]1CCCCC1C(=O)O. The summed E-state index contributed by atoms with van der Waals surface area (Å²) in [7, 11) is 0. The van der Waals surface area contributed by atoms with Crippen LogP contribution in [0.5, 0.6) is 0 Å². The summed E-state index contributed by atoms with van der Waals surface area (Å²) >= 11 is 0. The molecule has 2 aromatic rings. The molecule has 166 valence electrons. The Hall–Kier alpha value is -2.66. The van der Waals surface area contributed by atoms with Gasteiger partial charge in [0.2, 0.25) is 5.91 Å². The molecule has 2 unspecified atom stereocenters. The van der Waals surface area contributed by atoms with Crippen molar-refractivity contribution in [2.24, 2.45) is 11.8 Å². The second-order valence-electron chi connectivity index (χ2n) is 8.61. The molecular weight excluding hydrogens is 388 g/mol. The summed E-state index contributed by atoms with van der Waals surface area (Å²) < 4.78 is 0. The molecule has 0 aromatic heterocycles. The highest BCUT2D eigenvalue weighted by Crippen LogP contribution is 2.24. The standard InChI is InChI=1S/C26H34N2O3/c29-25(28-24-14-8-7-13-23(24)26(30)31)19-27-18-22(17-21-11-5-2-6-12-21)16-15-20-9-3-1-4-10-20/h1-6,9-12,22-24,27H,7-8,13-19H2,(H,28,29)(H,30,31)/t22?,23?,24-/m0/s1. The molecule has 1 saturated carbocycles. The van der Waals surface area contributed by atoms with Crippen LogP contribution in [0.1, 0.15) is 43.2 Å². The van der Waals surface area contributed by atoms with Crippen LogP contribution in [0.25, 0.3) is 0 Å². The Morgan fingerprint density at radius 3 is 2.26 bits per heavy atom. The van der Waals surface area contributed by atoms with E-state index < -0.39 is 11.9 Å². The maximum Gasteiger partial charge on any atom is 0.308 e. The molecule has 0 saturated heterocycles. The fraction of sp³-hybridized carbons (Fsp3) is 0.462. The van der Waals surface area contributed by atoms with Gasteiger partial charge in [0.05, 0.1) is 12.5 Å². The van der Waals surface area contributed by atoms with Gasteiger partial charge in [0.25, 0.3) is 0 Å². The predicted molar refractivity (Wildman–Crippen MR) is 123 cm³/mol. The van der Waals surface area contributed by atoms with Crippen LogP contribution in [0, 0.1) is 11.8 Å². The van der Waals surface area contributed by atoms with Crippen LogP contribution in [-0.2, 0) is 22.4 Å². The average Bonchev–Trinajstić information content (AvgIpc) is 2.79. The molecule has 3 atom stereocenters. The summed E-state index contributed by atoms with van der Waals surface area (Å²) in [5.74, 6) is -0.965. The number of carboxylic acid groups (broad SMARTS) is 1. The molecular formula is C26H34N2O3. The van der Waals surface area contributed by atoms with E-state index in [1.807, 2.05) is 12.1 Å². The lowest BCUT2D eigenvalue weighted by Crippen LogP contribution is -2.48. The van der Waals surface area contributed by atoms with Crippen LogP contribution >= 0.6 is 0 Å². The highest BCUT2D eigenvalue weighted by Gasteiger charge is 2.31. The number of amides is 1. The number of carbonyl (C=O) groups is 2. The number of hydrogen-bond acceptors (Lipinski definition) is 3. The molecule has 1 fully saturated rings. The van der Waals surface area contributed by atoms with E-state index in [0.717, 1.165) is 45.1 Å². The van der Waals surface area contributed by atoms with Crippen molar-refractivity contribution in [2.75, 3.05) is 13.1 Å². The van der Waals surface area contributed by atoms with Gasteiger partial charge in [-0.15, -0.1) is 0 Å². The smallest absolute Gasteiger partial charge is 0.308 e. The first-order valence-electron chi connectivity index (χ1n) is 11.4. The van der Waals surface area contributed by atoms with Crippen LogP contribution in [0.15, 0.2) is 60.7 Å². The van der Waals surface area contributed by atoms with Crippen LogP contribution in [0.2, 0.25) is 0 Å². The third-order valence-electron chi connectivity index (χ3n) is 6.20. The number of aryl methyl sites for hydroxylation is 1. The summed E-state index contributed by atoms with van der Waals surface area (Å²) in [6.45, 7) is 0.974. The second-order valence-corrected chi connectivity index (χ2v) is 8.61. The van der Waals surface area contributed by atoms with Gasteiger partial charge >= 0.3 is 5.97 Å². The number of nitrogens with one attached hydrogen (secondary N) is 2. The van der Waals surface area contributed by atoms with Crippen molar-refractivity contribution in [1.29, 1.82) is 0 Å². The number of benzene rings is 2. The molecule has 2 aromatic carbocycles. The molecule has 0 spiro atoms. The van der Waals surface area contributed by atoms with Crippen LogP contribution in [0.3, 0.4) is 0 Å². The van der Waals surface area contributed by atoms with Gasteiger partial charge in [-0.3, -0.25) is 9.59 Å². The molecule has 31 heavy (non-hydrogen) atoms. The van der Waals surface area contributed by atoms with E-state index in [1.165, 1.54) is 11.1 Å². The lowest BCUT2D eigenvalue weighted by Gasteiger charge is -2.29. The minimum atomic E-state index is -0.804. The van der Waals surface area contributed by atoms with Gasteiger partial charge < -0.3 is 15.7 Å². The Kier molecular flexibility index (Phi) is 9.10. The van der Waals surface area contributed by atoms with Gasteiger partial charge in [-0.25, -0.2) is 0 Å². The van der Waals surface area contributed by atoms with Crippen LogP contribution < -0.4 is 10.6 Å². The molecule has 1 aliphatic carbocycles. The van der Waals surface area contributed by atoms with Crippen molar-refractivity contribution in [2.45, 2.75) is 51.0 Å². The number of rotatable bonds is 11. The highest BCUT2D eigenvalue weighted by atomic mass is 16.4. The largest absolute Gasteiger partial charge is 0.481 e. The molecule has 3 rings (SSSR count). The third kappa shape index (κ3) is 7.83. The third-order valence-corrected chi connectivity index (χ3v) is 6.20. The zero-order chi connectivity index (χ0) is 21.9. The molecule has 5 nitrogen and oxygen atoms in total. The van der Waals surface area contributed by atoms with E-state index in [2.05, 4.69) is 59.2 Å². The van der Waals surface area contributed by atoms with E-state index in [1.54, 1.807) is 0 Å². The quantitative estimate of drug-likeness (QED) is 0.514. The number of carboxylic acids is 1. The summed E-state index contributed by atoms with van der Waals surface area (Å²) in [6, 6.07) is 20.7. The topological polar surface area (TPSA) is 78.4 Å². The molecule has 0 bridgehead atoms. The number of hydrogen-bond donors (Lipinski definition) is 3. The molecule has 0 radical (unpaired) electrons. The van der Waals surface area contributed by atoms with E-state index in [-0.39, 0.29) is 18.5 Å². The first-order valence-corrected chi connectivity index (χ1v) is 11.4. The highest BCUT2D eigenvalue weighted by molar-refractivity contribution is 5.79. The van der Waals surface area contributed by atoms with Gasteiger partial charge in [-0.1, -0.05) is 73.5 Å². The number of carbonyl (C=O) groups excluding carboxylic acids is 1. The fourth-order valence-corrected chi connectivity index (χ4v) is 4.49. The Balaban J connectivity index is 1.49. The van der Waals surface area contributed by atoms with Gasteiger partial charge in [-0.2, -0.15) is 0 Å². The van der Waals surface area contributed by atoms with E-state index in [9.17, 15) is 14.7 Å². The molecule has 0 aliphatic heterocycles. The van der Waals surface area contributed by atoms with Crippen LogP contribution in [0.4, 0.5) is 0 Å². The van der Waals surface area contributed by atoms with Gasteiger partial charge in [0.1, 0.15) is 0 Å². The molecule has 0 heterocycles. The van der Waals surface area contributed by atoms with Gasteiger partial charge in [-0.05, 0) is 55.7 Å². The van der Waals surface area contributed by atoms with Crippen molar-refractivity contribution >= 4 is 11.9 Å². The van der Waals surface area contributed by atoms with E-state index >= 15 is 0 Å². The second kappa shape index (κ2) is 12.3. The minimum absolute atomic E-state index is 0.111. The monoisotopic (exact) mass is 422 g/mol. The minimum Gasteiger partial charge on any atom is -0.481 e. The van der Waals surface area contributed by atoms with Crippen molar-refractivity contribution in [3.8, 4) is 0 Å².